The van der Waals surface area contributed by atoms with Crippen LogP contribution in [-0.4, -0.2) is 17.4 Å². The van der Waals surface area contributed by atoms with Gasteiger partial charge in [0.25, 0.3) is 5.55 Å². The largest absolute Gasteiger partial charge is 0.487 e. The molecular formula is C8H13N3OS. The van der Waals surface area contributed by atoms with E-state index < -0.39 is 0 Å². The fraction of sp³-hybridized carbons (Fsp3) is 0.625. The highest BCUT2D eigenvalue weighted by molar-refractivity contribution is 8.14. The molecule has 0 bridgehead atoms. The molecule has 1 saturated heterocycles. The third-order valence-electron chi connectivity index (χ3n) is 2.34. The second kappa shape index (κ2) is 3.49. The second-order valence-electron chi connectivity index (χ2n) is 3.30. The molecule has 0 spiro atoms. The zero-order valence-corrected chi connectivity index (χ0v) is 8.22. The van der Waals surface area contributed by atoms with E-state index in [-0.39, 0.29) is 5.55 Å². The van der Waals surface area contributed by atoms with Crippen molar-refractivity contribution in [1.29, 1.82) is 5.41 Å². The van der Waals surface area contributed by atoms with Crippen molar-refractivity contribution in [3.05, 3.63) is 11.8 Å². The van der Waals surface area contributed by atoms with Gasteiger partial charge in [-0.05, 0) is 11.5 Å². The van der Waals surface area contributed by atoms with Crippen molar-refractivity contribution in [2.75, 3.05) is 11.5 Å². The molecule has 0 saturated carbocycles. The van der Waals surface area contributed by atoms with Crippen LogP contribution in [0, 0.1) is 5.41 Å². The topological polar surface area (TPSA) is 55.0 Å². The first-order valence-corrected chi connectivity index (χ1v) is 6.06. The van der Waals surface area contributed by atoms with Crippen molar-refractivity contribution in [3.8, 4) is 0 Å². The SMILES string of the molecule is C=S1CCC([n+]2cc(=N)o[n-]2)CC1. The van der Waals surface area contributed by atoms with Gasteiger partial charge >= 0.3 is 0 Å². The molecule has 2 rings (SSSR count). The summed E-state index contributed by atoms with van der Waals surface area (Å²) in [6, 6.07) is 0.424. The van der Waals surface area contributed by atoms with Gasteiger partial charge in [-0.1, -0.05) is 5.87 Å². The van der Waals surface area contributed by atoms with Crippen molar-refractivity contribution in [2.24, 2.45) is 0 Å². The van der Waals surface area contributed by atoms with Crippen LogP contribution < -0.4 is 15.5 Å². The molecule has 1 fully saturated rings. The predicted molar refractivity (Wildman–Crippen MR) is 50.8 cm³/mol. The fourth-order valence-corrected chi connectivity index (χ4v) is 2.96. The van der Waals surface area contributed by atoms with E-state index in [1.54, 1.807) is 10.9 Å². The Morgan fingerprint density at radius 3 is 2.85 bits per heavy atom. The van der Waals surface area contributed by atoms with Crippen molar-refractivity contribution in [3.63, 3.8) is 0 Å². The molecule has 0 radical (unpaired) electrons. The molecule has 4 nitrogen and oxygen atoms in total. The van der Waals surface area contributed by atoms with Gasteiger partial charge in [0.1, 0.15) is 0 Å². The van der Waals surface area contributed by atoms with Crippen LogP contribution in [0.1, 0.15) is 18.9 Å². The van der Waals surface area contributed by atoms with E-state index in [9.17, 15) is 0 Å². The van der Waals surface area contributed by atoms with Crippen LogP contribution in [0.5, 0.6) is 0 Å². The summed E-state index contributed by atoms with van der Waals surface area (Å²) in [5.74, 6) is 6.43. The molecule has 1 aliphatic rings. The van der Waals surface area contributed by atoms with Gasteiger partial charge in [0.2, 0.25) is 6.20 Å². The minimum absolute atomic E-state index is 0.138. The van der Waals surface area contributed by atoms with E-state index in [1.807, 2.05) is 0 Å². The van der Waals surface area contributed by atoms with Crippen LogP contribution in [-0.2, 0) is 0 Å². The molecule has 1 aromatic heterocycles. The molecule has 0 unspecified atom stereocenters. The van der Waals surface area contributed by atoms with Gasteiger partial charge in [0.15, 0.2) is 6.04 Å². The Labute approximate surface area is 79.0 Å². The lowest BCUT2D eigenvalue weighted by molar-refractivity contribution is -0.790. The minimum atomic E-state index is 0.138. The molecule has 0 aliphatic carbocycles. The highest BCUT2D eigenvalue weighted by Crippen LogP contribution is 2.26. The fourth-order valence-electron chi connectivity index (χ4n) is 1.55. The normalized spacial score (nSPS) is 28.9. The molecule has 13 heavy (non-hydrogen) atoms. The number of rotatable bonds is 1. The van der Waals surface area contributed by atoms with Crippen molar-refractivity contribution >= 4 is 16.4 Å². The predicted octanol–water partition coefficient (Wildman–Crippen LogP) is 0.0396. The first kappa shape index (κ1) is 8.74. The molecule has 1 N–H and O–H groups in total. The van der Waals surface area contributed by atoms with Gasteiger partial charge in [-0.25, -0.2) is 4.68 Å². The summed E-state index contributed by atoms with van der Waals surface area (Å²) in [5.41, 5.74) is 0.138. The van der Waals surface area contributed by atoms with Crippen LogP contribution in [0.3, 0.4) is 0 Å². The van der Waals surface area contributed by atoms with E-state index in [0.29, 0.717) is 16.5 Å². The van der Waals surface area contributed by atoms with E-state index in [1.165, 1.54) is 11.5 Å². The van der Waals surface area contributed by atoms with Gasteiger partial charge in [0, 0.05) is 12.8 Å². The molecule has 1 aromatic rings. The van der Waals surface area contributed by atoms with Crippen molar-refractivity contribution in [2.45, 2.75) is 18.9 Å². The molecule has 0 aromatic carbocycles. The van der Waals surface area contributed by atoms with Gasteiger partial charge < -0.3 is 4.52 Å². The number of nitrogens with zero attached hydrogens (tertiary/aromatic N) is 2. The molecule has 0 amide bonds. The Kier molecular flexibility index (Phi) is 2.35. The molecule has 0 atom stereocenters. The third kappa shape index (κ3) is 1.91. The van der Waals surface area contributed by atoms with E-state index in [4.69, 9.17) is 9.93 Å². The first-order valence-electron chi connectivity index (χ1n) is 4.32. The molecule has 1 aliphatic heterocycles. The molecule has 72 valence electrons. The standard InChI is InChI=1S/C8H13N3OS/c1-13-4-2-7(3-5-13)11-6-8(9)12-10-11/h6-7,9H,1-5H2. The Balaban J connectivity index is 2.10. The maximum atomic E-state index is 7.21. The van der Waals surface area contributed by atoms with E-state index in [0.717, 1.165) is 12.8 Å². The summed E-state index contributed by atoms with van der Waals surface area (Å²) >= 11 is 0. The minimum Gasteiger partial charge on any atom is -0.487 e. The summed E-state index contributed by atoms with van der Waals surface area (Å²) in [5, 5.41) is 11.0. The highest BCUT2D eigenvalue weighted by atomic mass is 32.2. The summed E-state index contributed by atoms with van der Waals surface area (Å²) < 4.78 is 6.49. The van der Waals surface area contributed by atoms with Crippen LogP contribution >= 0.6 is 10.5 Å². The monoisotopic (exact) mass is 199 g/mol. The lowest BCUT2D eigenvalue weighted by Gasteiger charge is -2.20. The lowest BCUT2D eigenvalue weighted by atomic mass is 10.2. The summed E-state index contributed by atoms with van der Waals surface area (Å²) in [6.07, 6.45) is 3.88. The maximum Gasteiger partial charge on any atom is 0.264 e. The van der Waals surface area contributed by atoms with Crippen LogP contribution in [0.15, 0.2) is 10.7 Å². The Bertz CT molecular complexity index is 357. The smallest absolute Gasteiger partial charge is 0.264 e. The number of hydrogen-bond acceptors (Lipinski definition) is 2. The second-order valence-corrected chi connectivity index (χ2v) is 5.34. The van der Waals surface area contributed by atoms with Gasteiger partial charge in [-0.2, -0.15) is 10.5 Å². The van der Waals surface area contributed by atoms with Gasteiger partial charge in [-0.15, -0.1) is 0 Å². The zero-order valence-electron chi connectivity index (χ0n) is 7.40. The van der Waals surface area contributed by atoms with E-state index >= 15 is 0 Å². The quantitative estimate of drug-likeness (QED) is 0.513. The average molecular weight is 199 g/mol. The van der Waals surface area contributed by atoms with E-state index in [2.05, 4.69) is 11.1 Å². The van der Waals surface area contributed by atoms with Gasteiger partial charge in [0.05, 0.1) is 0 Å². The van der Waals surface area contributed by atoms with Crippen LogP contribution in [0.25, 0.3) is 0 Å². The Hall–Kier alpha value is -0.840. The first-order chi connectivity index (χ1) is 6.25. The summed E-state index contributed by atoms with van der Waals surface area (Å²) in [7, 11) is 0.354. The van der Waals surface area contributed by atoms with Gasteiger partial charge in [-0.3, -0.25) is 10.7 Å². The summed E-state index contributed by atoms with van der Waals surface area (Å²) in [6.45, 7) is 0. The Morgan fingerprint density at radius 1 is 1.62 bits per heavy atom. The Morgan fingerprint density at radius 2 is 2.31 bits per heavy atom. The highest BCUT2D eigenvalue weighted by Gasteiger charge is 2.20. The average Bonchev–Trinajstić information content (AvgIpc) is 2.53. The maximum absolute atomic E-state index is 7.21. The van der Waals surface area contributed by atoms with Crippen molar-refractivity contribution in [1.82, 2.24) is 5.27 Å². The zero-order chi connectivity index (χ0) is 9.26. The number of nitrogens with one attached hydrogen (secondary N) is 1. The van der Waals surface area contributed by atoms with Crippen LogP contribution in [0.4, 0.5) is 0 Å². The third-order valence-corrected chi connectivity index (χ3v) is 3.96. The summed E-state index contributed by atoms with van der Waals surface area (Å²) in [4.78, 5) is 0. The molecule has 5 heteroatoms. The molecule has 2 heterocycles. The lowest BCUT2D eigenvalue weighted by Crippen LogP contribution is -2.44. The number of hydrogen-bond donors (Lipinski definition) is 1. The van der Waals surface area contributed by atoms with Crippen molar-refractivity contribution < 1.29 is 9.20 Å². The number of aromatic nitrogens is 2. The van der Waals surface area contributed by atoms with Crippen LogP contribution in [0.2, 0.25) is 0 Å². The molecular weight excluding hydrogens is 186 g/mol.